The molecule has 3 nitrogen and oxygen atoms in total. The molecule has 4 heteroatoms. The van der Waals surface area contributed by atoms with Gasteiger partial charge in [-0.1, -0.05) is 6.07 Å². The van der Waals surface area contributed by atoms with Crippen LogP contribution < -0.4 is 5.32 Å². The third-order valence-electron chi connectivity index (χ3n) is 1.50. The third-order valence-corrected chi connectivity index (χ3v) is 1.82. The van der Waals surface area contributed by atoms with Gasteiger partial charge in [0, 0.05) is 12.7 Å². The number of aromatic nitrogens is 1. The maximum atomic E-state index is 5.19. The summed E-state index contributed by atoms with van der Waals surface area (Å²) in [5, 5.41) is 3.12. The summed E-state index contributed by atoms with van der Waals surface area (Å²) in [7, 11) is 1.73. The molecule has 0 aromatic carbocycles. The Morgan fingerprint density at radius 1 is 1.62 bits per heavy atom. The van der Waals surface area contributed by atoms with Crippen molar-refractivity contribution in [1.29, 1.82) is 0 Å². The predicted molar refractivity (Wildman–Crippen MR) is 55.4 cm³/mol. The minimum atomic E-state index is 0.392. The van der Waals surface area contributed by atoms with Gasteiger partial charge < -0.3 is 10.1 Å². The standard InChI is InChI=1S/C9H12N2OS/c1-7-4-3-5-8(11-7)6-12-9(13)10-2/h3-5H,6H2,1-2H3,(H,10,13). The van der Waals surface area contributed by atoms with E-state index >= 15 is 0 Å². The van der Waals surface area contributed by atoms with E-state index < -0.39 is 0 Å². The van der Waals surface area contributed by atoms with Gasteiger partial charge in [-0.25, -0.2) is 0 Å². The van der Waals surface area contributed by atoms with Crippen LogP contribution >= 0.6 is 12.2 Å². The highest BCUT2D eigenvalue weighted by atomic mass is 32.1. The molecule has 0 aliphatic heterocycles. The molecule has 1 N–H and O–H groups in total. The Labute approximate surface area is 83.1 Å². The molecular weight excluding hydrogens is 184 g/mol. The maximum Gasteiger partial charge on any atom is 0.256 e. The largest absolute Gasteiger partial charge is 0.465 e. The molecule has 0 radical (unpaired) electrons. The van der Waals surface area contributed by atoms with E-state index in [-0.39, 0.29) is 0 Å². The first-order valence-electron chi connectivity index (χ1n) is 3.99. The van der Waals surface area contributed by atoms with E-state index in [0.29, 0.717) is 11.8 Å². The molecule has 0 saturated heterocycles. The third kappa shape index (κ3) is 3.38. The molecule has 1 aromatic rings. The molecule has 70 valence electrons. The van der Waals surface area contributed by atoms with Gasteiger partial charge in [-0.2, -0.15) is 0 Å². The summed E-state index contributed by atoms with van der Waals surface area (Å²) in [6.07, 6.45) is 0. The Hall–Kier alpha value is -1.16. The van der Waals surface area contributed by atoms with E-state index in [4.69, 9.17) is 17.0 Å². The second-order valence-electron chi connectivity index (χ2n) is 2.60. The van der Waals surface area contributed by atoms with Crippen molar-refractivity contribution in [2.75, 3.05) is 7.05 Å². The van der Waals surface area contributed by atoms with Gasteiger partial charge in [-0.15, -0.1) is 0 Å². The SMILES string of the molecule is CNC(=S)OCc1cccc(C)n1. The number of rotatable bonds is 2. The van der Waals surface area contributed by atoms with Gasteiger partial charge in [-0.3, -0.25) is 4.98 Å². The molecule has 0 unspecified atom stereocenters. The monoisotopic (exact) mass is 196 g/mol. The number of nitrogens with zero attached hydrogens (tertiary/aromatic N) is 1. The summed E-state index contributed by atoms with van der Waals surface area (Å²) in [4.78, 5) is 4.27. The van der Waals surface area contributed by atoms with Gasteiger partial charge in [0.25, 0.3) is 5.17 Å². The van der Waals surface area contributed by atoms with Crippen molar-refractivity contribution in [2.45, 2.75) is 13.5 Å². The first-order valence-corrected chi connectivity index (χ1v) is 4.40. The molecule has 13 heavy (non-hydrogen) atoms. The predicted octanol–water partition coefficient (Wildman–Crippen LogP) is 1.41. The smallest absolute Gasteiger partial charge is 0.256 e. The van der Waals surface area contributed by atoms with Crippen molar-refractivity contribution in [3.05, 3.63) is 29.6 Å². The van der Waals surface area contributed by atoms with Crippen LogP contribution in [-0.2, 0) is 11.3 Å². The number of nitrogens with one attached hydrogen (secondary N) is 1. The van der Waals surface area contributed by atoms with Crippen LogP contribution in [0.3, 0.4) is 0 Å². The number of hydrogen-bond donors (Lipinski definition) is 1. The molecule has 0 amide bonds. The highest BCUT2D eigenvalue weighted by Gasteiger charge is 1.96. The minimum Gasteiger partial charge on any atom is -0.465 e. The van der Waals surface area contributed by atoms with Gasteiger partial charge in [0.05, 0.1) is 5.69 Å². The van der Waals surface area contributed by atoms with E-state index in [1.165, 1.54) is 0 Å². The molecule has 0 atom stereocenters. The molecule has 0 saturated carbocycles. The summed E-state index contributed by atoms with van der Waals surface area (Å²) >= 11 is 4.83. The van der Waals surface area contributed by atoms with Crippen LogP contribution in [-0.4, -0.2) is 17.2 Å². The fourth-order valence-corrected chi connectivity index (χ4v) is 0.950. The van der Waals surface area contributed by atoms with Crippen LogP contribution in [0.2, 0.25) is 0 Å². The summed E-state index contributed by atoms with van der Waals surface area (Å²) in [5.41, 5.74) is 1.87. The maximum absolute atomic E-state index is 5.19. The molecular formula is C9H12N2OS. The zero-order valence-corrected chi connectivity index (χ0v) is 8.52. The van der Waals surface area contributed by atoms with E-state index in [1.807, 2.05) is 25.1 Å². The van der Waals surface area contributed by atoms with E-state index in [9.17, 15) is 0 Å². The molecule has 1 aromatic heterocycles. The van der Waals surface area contributed by atoms with Crippen molar-refractivity contribution >= 4 is 17.4 Å². The van der Waals surface area contributed by atoms with Gasteiger partial charge in [0.15, 0.2) is 0 Å². The average molecular weight is 196 g/mol. The lowest BCUT2D eigenvalue weighted by molar-refractivity contribution is 0.284. The zero-order valence-electron chi connectivity index (χ0n) is 7.70. The molecule has 0 aliphatic carbocycles. The van der Waals surface area contributed by atoms with Gasteiger partial charge in [0.2, 0.25) is 0 Å². The van der Waals surface area contributed by atoms with Crippen LogP contribution in [0.5, 0.6) is 0 Å². The van der Waals surface area contributed by atoms with Crippen LogP contribution in [0.25, 0.3) is 0 Å². The lowest BCUT2D eigenvalue weighted by Crippen LogP contribution is -2.18. The number of ether oxygens (including phenoxy) is 1. The highest BCUT2D eigenvalue weighted by Crippen LogP contribution is 1.99. The number of aryl methyl sites for hydroxylation is 1. The summed E-state index contributed by atoms with van der Waals surface area (Å²) in [5.74, 6) is 0. The first kappa shape index (κ1) is 9.92. The molecule has 1 rings (SSSR count). The highest BCUT2D eigenvalue weighted by molar-refractivity contribution is 7.80. The molecule has 0 aliphatic rings. The summed E-state index contributed by atoms with van der Waals surface area (Å²) in [6.45, 7) is 2.36. The Morgan fingerprint density at radius 2 is 2.38 bits per heavy atom. The molecule has 0 bridgehead atoms. The topological polar surface area (TPSA) is 34.1 Å². The van der Waals surface area contributed by atoms with Crippen molar-refractivity contribution in [3.63, 3.8) is 0 Å². The molecule has 0 fully saturated rings. The van der Waals surface area contributed by atoms with Crippen molar-refractivity contribution < 1.29 is 4.74 Å². The van der Waals surface area contributed by atoms with Crippen LogP contribution in [0.4, 0.5) is 0 Å². The van der Waals surface area contributed by atoms with Crippen LogP contribution in [0.1, 0.15) is 11.4 Å². The Morgan fingerprint density at radius 3 is 3.00 bits per heavy atom. The fourth-order valence-electron chi connectivity index (χ4n) is 0.892. The fraction of sp³-hybridized carbons (Fsp3) is 0.333. The Balaban J connectivity index is 2.50. The van der Waals surface area contributed by atoms with Crippen LogP contribution in [0.15, 0.2) is 18.2 Å². The van der Waals surface area contributed by atoms with Gasteiger partial charge in [0.1, 0.15) is 6.61 Å². The Kier molecular flexibility index (Phi) is 3.64. The van der Waals surface area contributed by atoms with Gasteiger partial charge >= 0.3 is 0 Å². The molecule has 0 spiro atoms. The number of hydrogen-bond acceptors (Lipinski definition) is 3. The number of pyridine rings is 1. The van der Waals surface area contributed by atoms with Crippen molar-refractivity contribution in [1.82, 2.24) is 10.3 Å². The summed E-state index contributed by atoms with van der Waals surface area (Å²) < 4.78 is 5.19. The van der Waals surface area contributed by atoms with E-state index in [2.05, 4.69) is 10.3 Å². The first-order chi connectivity index (χ1) is 6.22. The van der Waals surface area contributed by atoms with Crippen molar-refractivity contribution in [2.24, 2.45) is 0 Å². The average Bonchev–Trinajstić information content (AvgIpc) is 2.14. The van der Waals surface area contributed by atoms with Gasteiger partial charge in [-0.05, 0) is 31.3 Å². The van der Waals surface area contributed by atoms with Crippen LogP contribution in [0, 0.1) is 6.92 Å². The molecule has 1 heterocycles. The summed E-state index contributed by atoms with van der Waals surface area (Å²) in [6, 6.07) is 5.80. The second-order valence-corrected chi connectivity index (χ2v) is 2.97. The lowest BCUT2D eigenvalue weighted by atomic mass is 10.3. The zero-order chi connectivity index (χ0) is 9.68. The minimum absolute atomic E-state index is 0.392. The quantitative estimate of drug-likeness (QED) is 0.725. The van der Waals surface area contributed by atoms with E-state index in [0.717, 1.165) is 11.4 Å². The van der Waals surface area contributed by atoms with Crippen molar-refractivity contribution in [3.8, 4) is 0 Å². The Bertz CT molecular complexity index is 301. The number of thiocarbonyl (C=S) groups is 1. The van der Waals surface area contributed by atoms with E-state index in [1.54, 1.807) is 7.05 Å². The lowest BCUT2D eigenvalue weighted by Gasteiger charge is -2.05. The second kappa shape index (κ2) is 4.77. The normalized spacial score (nSPS) is 9.38.